The van der Waals surface area contributed by atoms with E-state index in [4.69, 9.17) is 4.74 Å². The number of anilines is 1. The van der Waals surface area contributed by atoms with Crippen LogP contribution in [0.5, 0.6) is 5.75 Å². The van der Waals surface area contributed by atoms with Crippen molar-refractivity contribution in [2.24, 2.45) is 0 Å². The molecule has 0 bridgehead atoms. The summed E-state index contributed by atoms with van der Waals surface area (Å²) in [5, 5.41) is 3.10. The lowest BCUT2D eigenvalue weighted by Crippen LogP contribution is -2.30. The van der Waals surface area contributed by atoms with Gasteiger partial charge in [-0.25, -0.2) is 0 Å². The van der Waals surface area contributed by atoms with Crippen LogP contribution in [0.1, 0.15) is 47.3 Å². The van der Waals surface area contributed by atoms with Crippen molar-refractivity contribution in [2.75, 3.05) is 11.5 Å². The second-order valence-electron chi connectivity index (χ2n) is 7.49. The van der Waals surface area contributed by atoms with Crippen LogP contribution in [0.4, 0.5) is 5.69 Å². The minimum absolute atomic E-state index is 0.216. The Bertz CT molecular complexity index is 1090. The third-order valence-electron chi connectivity index (χ3n) is 5.37. The van der Waals surface area contributed by atoms with Gasteiger partial charge < -0.3 is 10.1 Å². The summed E-state index contributed by atoms with van der Waals surface area (Å²) >= 11 is 0. The highest BCUT2D eigenvalue weighted by atomic mass is 16.5. The van der Waals surface area contributed by atoms with E-state index in [2.05, 4.69) is 5.32 Å². The van der Waals surface area contributed by atoms with Gasteiger partial charge in [0.2, 0.25) is 11.8 Å². The van der Waals surface area contributed by atoms with Gasteiger partial charge in [0.25, 0.3) is 5.91 Å². The summed E-state index contributed by atoms with van der Waals surface area (Å²) in [4.78, 5) is 38.1. The lowest BCUT2D eigenvalue weighted by atomic mass is 9.98. The van der Waals surface area contributed by atoms with Gasteiger partial charge in [-0.05, 0) is 54.4 Å². The van der Waals surface area contributed by atoms with E-state index in [0.29, 0.717) is 17.9 Å². The van der Waals surface area contributed by atoms with E-state index in [1.54, 1.807) is 24.3 Å². The molecule has 1 aliphatic rings. The number of nitrogens with zero attached hydrogens (tertiary/aromatic N) is 1. The average Bonchev–Trinajstić information content (AvgIpc) is 3.16. The van der Waals surface area contributed by atoms with Crippen molar-refractivity contribution < 1.29 is 19.1 Å². The first-order valence-corrected chi connectivity index (χ1v) is 10.6. The molecule has 3 amide bonds. The van der Waals surface area contributed by atoms with Crippen molar-refractivity contribution in [3.05, 3.63) is 95.6 Å². The number of amides is 3. The SMILES string of the molecule is CCOc1ccc(C(NC(=O)c2ccc(N3C(=O)CCC3=O)cc2)c2ccccc2)cc1. The molecular formula is C26H24N2O4. The highest BCUT2D eigenvalue weighted by molar-refractivity contribution is 6.19. The molecule has 6 heteroatoms. The van der Waals surface area contributed by atoms with Gasteiger partial charge in [0, 0.05) is 18.4 Å². The number of hydrogen-bond donors (Lipinski definition) is 1. The number of nitrogens with one attached hydrogen (secondary N) is 1. The number of hydrogen-bond acceptors (Lipinski definition) is 4. The monoisotopic (exact) mass is 428 g/mol. The van der Waals surface area contributed by atoms with Crippen molar-refractivity contribution in [3.8, 4) is 5.75 Å². The summed E-state index contributed by atoms with van der Waals surface area (Å²) < 4.78 is 5.53. The predicted octanol–water partition coefficient (Wildman–Crippen LogP) is 4.26. The second-order valence-corrected chi connectivity index (χ2v) is 7.49. The van der Waals surface area contributed by atoms with E-state index in [9.17, 15) is 14.4 Å². The second kappa shape index (κ2) is 9.47. The van der Waals surface area contributed by atoms with Crippen LogP contribution in [0.15, 0.2) is 78.9 Å². The summed E-state index contributed by atoms with van der Waals surface area (Å²) in [7, 11) is 0. The van der Waals surface area contributed by atoms with Crippen molar-refractivity contribution in [1.29, 1.82) is 0 Å². The standard InChI is InChI=1S/C26H24N2O4/c1-2-32-22-14-10-19(11-15-22)25(18-6-4-3-5-7-18)27-26(31)20-8-12-21(13-9-20)28-23(29)16-17-24(28)30/h3-15,25H,2,16-17H2,1H3,(H,27,31). The molecule has 1 aliphatic heterocycles. The molecule has 0 spiro atoms. The molecule has 3 aromatic rings. The fraction of sp³-hybridized carbons (Fsp3) is 0.192. The Labute approximate surface area is 186 Å². The molecule has 162 valence electrons. The minimum Gasteiger partial charge on any atom is -0.494 e. The van der Waals surface area contributed by atoms with Crippen LogP contribution in [-0.2, 0) is 9.59 Å². The maximum Gasteiger partial charge on any atom is 0.252 e. The zero-order chi connectivity index (χ0) is 22.5. The van der Waals surface area contributed by atoms with Crippen LogP contribution >= 0.6 is 0 Å². The molecule has 1 fully saturated rings. The Balaban J connectivity index is 1.56. The zero-order valence-electron chi connectivity index (χ0n) is 17.8. The molecule has 0 aromatic heterocycles. The summed E-state index contributed by atoms with van der Waals surface area (Å²) in [6.45, 7) is 2.52. The van der Waals surface area contributed by atoms with Crippen LogP contribution in [0.3, 0.4) is 0 Å². The lowest BCUT2D eigenvalue weighted by molar-refractivity contribution is -0.121. The van der Waals surface area contributed by atoms with E-state index in [-0.39, 0.29) is 36.6 Å². The first kappa shape index (κ1) is 21.3. The molecule has 4 rings (SSSR count). The maximum atomic E-state index is 13.0. The van der Waals surface area contributed by atoms with E-state index in [1.165, 1.54) is 4.90 Å². The molecule has 3 aromatic carbocycles. The molecule has 6 nitrogen and oxygen atoms in total. The summed E-state index contributed by atoms with van der Waals surface area (Å²) in [6.07, 6.45) is 0.448. The van der Waals surface area contributed by atoms with Crippen LogP contribution in [0.2, 0.25) is 0 Å². The Morgan fingerprint density at radius 2 is 1.47 bits per heavy atom. The van der Waals surface area contributed by atoms with Gasteiger partial charge >= 0.3 is 0 Å². The van der Waals surface area contributed by atoms with Crippen molar-refractivity contribution in [1.82, 2.24) is 5.32 Å². The normalized spacial score (nSPS) is 14.3. The average molecular weight is 428 g/mol. The number of benzene rings is 3. The minimum atomic E-state index is -0.346. The lowest BCUT2D eigenvalue weighted by Gasteiger charge is -2.21. The van der Waals surface area contributed by atoms with E-state index in [1.807, 2.05) is 61.5 Å². The molecular weight excluding hydrogens is 404 g/mol. The van der Waals surface area contributed by atoms with Gasteiger partial charge in [0.15, 0.2) is 0 Å². The Morgan fingerprint density at radius 1 is 0.875 bits per heavy atom. The van der Waals surface area contributed by atoms with Crippen molar-refractivity contribution in [2.45, 2.75) is 25.8 Å². The highest BCUT2D eigenvalue weighted by Gasteiger charge is 2.30. The quantitative estimate of drug-likeness (QED) is 0.571. The first-order chi connectivity index (χ1) is 15.6. The Morgan fingerprint density at radius 3 is 2.06 bits per heavy atom. The maximum absolute atomic E-state index is 13.0. The fourth-order valence-electron chi connectivity index (χ4n) is 3.77. The molecule has 1 atom stereocenters. The molecule has 1 unspecified atom stereocenters. The van der Waals surface area contributed by atoms with Crippen LogP contribution < -0.4 is 15.0 Å². The zero-order valence-corrected chi connectivity index (χ0v) is 17.8. The van der Waals surface area contributed by atoms with Crippen molar-refractivity contribution >= 4 is 23.4 Å². The third kappa shape index (κ3) is 4.54. The fourth-order valence-corrected chi connectivity index (χ4v) is 3.77. The molecule has 32 heavy (non-hydrogen) atoms. The molecule has 1 N–H and O–H groups in total. The predicted molar refractivity (Wildman–Crippen MR) is 122 cm³/mol. The Kier molecular flexibility index (Phi) is 6.31. The number of ether oxygens (including phenoxy) is 1. The molecule has 0 saturated carbocycles. The topological polar surface area (TPSA) is 75.7 Å². The van der Waals surface area contributed by atoms with E-state index < -0.39 is 0 Å². The molecule has 0 aliphatic carbocycles. The summed E-state index contributed by atoms with van der Waals surface area (Å²) in [5.41, 5.74) is 2.81. The summed E-state index contributed by atoms with van der Waals surface area (Å²) in [6, 6.07) is 23.6. The van der Waals surface area contributed by atoms with Crippen LogP contribution in [0, 0.1) is 0 Å². The van der Waals surface area contributed by atoms with Crippen LogP contribution in [-0.4, -0.2) is 24.3 Å². The molecule has 0 radical (unpaired) electrons. The van der Waals surface area contributed by atoms with E-state index in [0.717, 1.165) is 16.9 Å². The van der Waals surface area contributed by atoms with Crippen LogP contribution in [0.25, 0.3) is 0 Å². The number of rotatable bonds is 7. The van der Waals surface area contributed by atoms with Gasteiger partial charge in [-0.3, -0.25) is 19.3 Å². The van der Waals surface area contributed by atoms with Crippen molar-refractivity contribution in [3.63, 3.8) is 0 Å². The summed E-state index contributed by atoms with van der Waals surface area (Å²) in [5.74, 6) is 0.0908. The number of imide groups is 1. The van der Waals surface area contributed by atoms with Gasteiger partial charge in [0.1, 0.15) is 5.75 Å². The number of carbonyl (C=O) groups excluding carboxylic acids is 3. The molecule has 1 heterocycles. The van der Waals surface area contributed by atoms with Gasteiger partial charge in [-0.1, -0.05) is 42.5 Å². The highest BCUT2D eigenvalue weighted by Crippen LogP contribution is 2.26. The largest absolute Gasteiger partial charge is 0.494 e. The smallest absolute Gasteiger partial charge is 0.252 e. The van der Waals surface area contributed by atoms with Gasteiger partial charge in [-0.15, -0.1) is 0 Å². The Hall–Kier alpha value is -3.93. The van der Waals surface area contributed by atoms with Gasteiger partial charge in [-0.2, -0.15) is 0 Å². The third-order valence-corrected chi connectivity index (χ3v) is 5.37. The van der Waals surface area contributed by atoms with Gasteiger partial charge in [0.05, 0.1) is 18.3 Å². The first-order valence-electron chi connectivity index (χ1n) is 10.6. The van der Waals surface area contributed by atoms with E-state index >= 15 is 0 Å². The number of carbonyl (C=O) groups is 3. The molecule has 1 saturated heterocycles.